The average Bonchev–Trinajstić information content (AvgIpc) is 3.40. The van der Waals surface area contributed by atoms with Gasteiger partial charge in [-0.2, -0.15) is 0 Å². The maximum absolute atomic E-state index is 13.4. The van der Waals surface area contributed by atoms with Gasteiger partial charge in [-0.3, -0.25) is 9.69 Å². The van der Waals surface area contributed by atoms with Crippen LogP contribution < -0.4 is 9.64 Å². The van der Waals surface area contributed by atoms with Crippen LogP contribution in [0.15, 0.2) is 36.4 Å². The summed E-state index contributed by atoms with van der Waals surface area (Å²) in [7, 11) is 0. The van der Waals surface area contributed by atoms with E-state index in [1.165, 1.54) is 11.3 Å². The van der Waals surface area contributed by atoms with Gasteiger partial charge in [-0.25, -0.2) is 4.98 Å². The normalized spacial score (nSPS) is 16.3. The number of anilines is 1. The van der Waals surface area contributed by atoms with Gasteiger partial charge >= 0.3 is 0 Å². The second kappa shape index (κ2) is 8.69. The Morgan fingerprint density at radius 1 is 1.31 bits per heavy atom. The van der Waals surface area contributed by atoms with Crippen LogP contribution in [-0.4, -0.2) is 36.8 Å². The second-order valence-electron chi connectivity index (χ2n) is 7.05. The number of halogens is 1. The summed E-state index contributed by atoms with van der Waals surface area (Å²) in [6.07, 6.45) is 1.98. The van der Waals surface area contributed by atoms with Crippen LogP contribution in [0.5, 0.6) is 5.75 Å². The van der Waals surface area contributed by atoms with Gasteiger partial charge in [-0.15, -0.1) is 0 Å². The van der Waals surface area contributed by atoms with Crippen LogP contribution >= 0.6 is 22.9 Å². The zero-order chi connectivity index (χ0) is 20.4. The molecule has 0 N–H and O–H groups in total. The number of fused-ring (bicyclic) bond motifs is 1. The molecule has 5 nitrogen and oxygen atoms in total. The third kappa shape index (κ3) is 4.25. The second-order valence-corrected chi connectivity index (χ2v) is 8.43. The molecule has 0 aliphatic carbocycles. The van der Waals surface area contributed by atoms with Gasteiger partial charge in [0.25, 0.3) is 5.91 Å². The van der Waals surface area contributed by atoms with Crippen LogP contribution in [0.25, 0.3) is 10.2 Å². The van der Waals surface area contributed by atoms with Crippen molar-refractivity contribution in [3.05, 3.63) is 52.5 Å². The molecule has 152 valence electrons. The van der Waals surface area contributed by atoms with Gasteiger partial charge in [0.2, 0.25) is 0 Å². The monoisotopic (exact) mass is 430 g/mol. The van der Waals surface area contributed by atoms with E-state index >= 15 is 0 Å². The van der Waals surface area contributed by atoms with Crippen molar-refractivity contribution >= 4 is 44.2 Å². The van der Waals surface area contributed by atoms with E-state index in [2.05, 4.69) is 0 Å². The Morgan fingerprint density at radius 3 is 2.76 bits per heavy atom. The number of nitrogens with zero attached hydrogens (tertiary/aromatic N) is 2. The predicted molar refractivity (Wildman–Crippen MR) is 118 cm³/mol. The van der Waals surface area contributed by atoms with Crippen LogP contribution in [0.1, 0.15) is 35.7 Å². The predicted octanol–water partition coefficient (Wildman–Crippen LogP) is 5.48. The first-order chi connectivity index (χ1) is 14.1. The molecule has 0 spiro atoms. The molecule has 0 bridgehead atoms. The lowest BCUT2D eigenvalue weighted by Crippen LogP contribution is -2.37. The lowest BCUT2D eigenvalue weighted by atomic mass is 10.1. The number of thiazole rings is 1. The van der Waals surface area contributed by atoms with Crippen LogP contribution in [0.2, 0.25) is 5.02 Å². The summed E-state index contributed by atoms with van der Waals surface area (Å²) in [5, 5.41) is 1.30. The molecular formula is C22H23ClN2O3S. The molecule has 0 saturated carbocycles. The van der Waals surface area contributed by atoms with Crippen molar-refractivity contribution in [2.24, 2.45) is 0 Å². The van der Waals surface area contributed by atoms with Gasteiger partial charge in [-0.1, -0.05) is 29.0 Å². The van der Waals surface area contributed by atoms with E-state index in [-0.39, 0.29) is 12.0 Å². The number of ether oxygens (including phenoxy) is 2. The van der Waals surface area contributed by atoms with Gasteiger partial charge in [0, 0.05) is 12.2 Å². The van der Waals surface area contributed by atoms with Gasteiger partial charge < -0.3 is 9.47 Å². The molecule has 1 saturated heterocycles. The molecule has 1 fully saturated rings. The minimum absolute atomic E-state index is 0.0187. The Labute approximate surface area is 179 Å². The smallest absolute Gasteiger partial charge is 0.260 e. The molecule has 2 heterocycles. The first-order valence-corrected chi connectivity index (χ1v) is 11.0. The maximum atomic E-state index is 13.4. The Bertz CT molecular complexity index is 974. The van der Waals surface area contributed by atoms with Gasteiger partial charge in [-0.05, 0) is 62.6 Å². The van der Waals surface area contributed by atoms with Crippen molar-refractivity contribution in [1.82, 2.24) is 4.98 Å². The van der Waals surface area contributed by atoms with Crippen LogP contribution in [0.4, 0.5) is 5.13 Å². The molecule has 7 heteroatoms. The molecule has 1 unspecified atom stereocenters. The summed E-state index contributed by atoms with van der Waals surface area (Å²) in [6.45, 7) is 5.73. The molecule has 1 atom stereocenters. The molecule has 1 aliphatic rings. The number of benzene rings is 2. The summed E-state index contributed by atoms with van der Waals surface area (Å²) in [5.41, 5.74) is 2.47. The first kappa shape index (κ1) is 20.1. The van der Waals surface area contributed by atoms with E-state index in [4.69, 9.17) is 26.1 Å². The summed E-state index contributed by atoms with van der Waals surface area (Å²) in [4.78, 5) is 19.9. The number of hydrogen-bond donors (Lipinski definition) is 0. The number of aryl methyl sites for hydroxylation is 1. The standard InChI is InChI=1S/C22H23ClN2O3S/c1-3-27-16-9-7-15(8-10-16)21(26)25(13-17-5-4-12-28-17)22-24-19-14(2)6-11-18(23)20(19)29-22/h6-11,17H,3-5,12-13H2,1-2H3. The largest absolute Gasteiger partial charge is 0.494 e. The third-order valence-corrected chi connectivity index (χ3v) is 6.52. The molecule has 1 aromatic heterocycles. The SMILES string of the molecule is CCOc1ccc(C(=O)N(CC2CCCO2)c2nc3c(C)ccc(Cl)c3s2)cc1. The van der Waals surface area contributed by atoms with Gasteiger partial charge in [0.05, 0.1) is 34.5 Å². The first-order valence-electron chi connectivity index (χ1n) is 9.78. The molecule has 0 radical (unpaired) electrons. The highest BCUT2D eigenvalue weighted by Gasteiger charge is 2.27. The zero-order valence-electron chi connectivity index (χ0n) is 16.5. The number of carbonyl (C=O) groups excluding carboxylic acids is 1. The van der Waals surface area contributed by atoms with Crippen LogP contribution in [0.3, 0.4) is 0 Å². The van der Waals surface area contributed by atoms with Crippen molar-refractivity contribution in [1.29, 1.82) is 0 Å². The van der Waals surface area contributed by atoms with Crippen LogP contribution in [-0.2, 0) is 4.74 Å². The van der Waals surface area contributed by atoms with E-state index in [0.717, 1.165) is 41.0 Å². The third-order valence-electron chi connectivity index (χ3n) is 4.98. The molecule has 1 aliphatic heterocycles. The highest BCUT2D eigenvalue weighted by atomic mass is 35.5. The number of hydrogen-bond acceptors (Lipinski definition) is 5. The van der Waals surface area contributed by atoms with E-state index < -0.39 is 0 Å². The van der Waals surface area contributed by atoms with Crippen molar-refractivity contribution in [2.45, 2.75) is 32.8 Å². The molecule has 1 amide bonds. The molecule has 2 aromatic carbocycles. The van der Waals surface area contributed by atoms with Crippen molar-refractivity contribution < 1.29 is 14.3 Å². The number of carbonyl (C=O) groups is 1. The van der Waals surface area contributed by atoms with E-state index in [1.807, 2.05) is 38.1 Å². The quantitative estimate of drug-likeness (QED) is 0.519. The van der Waals surface area contributed by atoms with E-state index in [0.29, 0.717) is 28.9 Å². The highest BCUT2D eigenvalue weighted by molar-refractivity contribution is 7.23. The summed E-state index contributed by atoms with van der Waals surface area (Å²) in [5.74, 6) is 0.647. The van der Waals surface area contributed by atoms with Gasteiger partial charge in [0.15, 0.2) is 5.13 Å². The minimum atomic E-state index is -0.101. The van der Waals surface area contributed by atoms with Crippen molar-refractivity contribution in [3.8, 4) is 5.75 Å². The molecule has 29 heavy (non-hydrogen) atoms. The van der Waals surface area contributed by atoms with Crippen LogP contribution in [0, 0.1) is 6.92 Å². The molecule has 4 rings (SSSR count). The highest BCUT2D eigenvalue weighted by Crippen LogP contribution is 2.36. The number of aromatic nitrogens is 1. The number of amides is 1. The number of rotatable bonds is 6. The average molecular weight is 431 g/mol. The van der Waals surface area contributed by atoms with E-state index in [9.17, 15) is 4.79 Å². The summed E-state index contributed by atoms with van der Waals surface area (Å²) in [6, 6.07) is 11.1. The summed E-state index contributed by atoms with van der Waals surface area (Å²) < 4.78 is 12.2. The Hall–Kier alpha value is -2.15. The zero-order valence-corrected chi connectivity index (χ0v) is 18.1. The summed E-state index contributed by atoms with van der Waals surface area (Å²) >= 11 is 7.84. The lowest BCUT2D eigenvalue weighted by molar-refractivity contribution is 0.0917. The Morgan fingerprint density at radius 2 is 2.10 bits per heavy atom. The fourth-order valence-electron chi connectivity index (χ4n) is 3.46. The Balaban J connectivity index is 1.70. The van der Waals surface area contributed by atoms with Crippen molar-refractivity contribution in [3.63, 3.8) is 0 Å². The Kier molecular flexibility index (Phi) is 6.04. The fourth-order valence-corrected chi connectivity index (χ4v) is 4.79. The van der Waals surface area contributed by atoms with Gasteiger partial charge in [0.1, 0.15) is 5.75 Å². The minimum Gasteiger partial charge on any atom is -0.494 e. The van der Waals surface area contributed by atoms with Crippen molar-refractivity contribution in [2.75, 3.05) is 24.7 Å². The maximum Gasteiger partial charge on any atom is 0.260 e. The van der Waals surface area contributed by atoms with E-state index in [1.54, 1.807) is 17.0 Å². The molecule has 3 aromatic rings. The lowest BCUT2D eigenvalue weighted by Gasteiger charge is -2.23. The fraction of sp³-hybridized carbons (Fsp3) is 0.364. The molecular weight excluding hydrogens is 408 g/mol. The topological polar surface area (TPSA) is 51.7 Å².